The first-order valence-corrected chi connectivity index (χ1v) is 5.77. The van der Waals surface area contributed by atoms with Gasteiger partial charge < -0.3 is 4.74 Å². The third-order valence-electron chi connectivity index (χ3n) is 1.61. The van der Waals surface area contributed by atoms with E-state index in [-0.39, 0.29) is 9.89 Å². The number of hydrogen-bond acceptors (Lipinski definition) is 2. The highest BCUT2D eigenvalue weighted by Crippen LogP contribution is 2.07. The highest BCUT2D eigenvalue weighted by atomic mass is 127. The summed E-state index contributed by atoms with van der Waals surface area (Å²) in [5.74, 6) is -0.0609. The van der Waals surface area contributed by atoms with Crippen molar-refractivity contribution in [3.8, 4) is 0 Å². The van der Waals surface area contributed by atoms with E-state index in [0.717, 1.165) is 19.3 Å². The van der Waals surface area contributed by atoms with Crippen molar-refractivity contribution in [3.05, 3.63) is 0 Å². The summed E-state index contributed by atoms with van der Waals surface area (Å²) < 4.78 is 5.08. The SMILES string of the molecule is CCCCCOC(=O)C(I)CC. The molecule has 0 aliphatic heterocycles. The Hall–Kier alpha value is 0.200. The molecule has 0 aromatic carbocycles. The number of esters is 1. The summed E-state index contributed by atoms with van der Waals surface area (Å²) in [6.45, 7) is 4.71. The number of carbonyl (C=O) groups excluding carboxylic acids is 1. The van der Waals surface area contributed by atoms with Gasteiger partial charge in [0.1, 0.15) is 3.92 Å². The fourth-order valence-corrected chi connectivity index (χ4v) is 0.962. The molecule has 3 heteroatoms. The van der Waals surface area contributed by atoms with Crippen LogP contribution in [0.1, 0.15) is 39.5 Å². The predicted octanol–water partition coefficient (Wildman–Crippen LogP) is 2.93. The molecule has 0 aromatic rings. The second-order valence-electron chi connectivity index (χ2n) is 2.75. The van der Waals surface area contributed by atoms with Gasteiger partial charge in [-0.25, -0.2) is 0 Å². The molecule has 0 saturated carbocycles. The summed E-state index contributed by atoms with van der Waals surface area (Å²) in [5.41, 5.74) is 0. The minimum absolute atomic E-state index is 0.0317. The number of ether oxygens (including phenoxy) is 1. The average Bonchev–Trinajstić information content (AvgIpc) is 2.10. The minimum Gasteiger partial charge on any atom is -0.465 e. The second kappa shape index (κ2) is 7.83. The molecule has 72 valence electrons. The standard InChI is InChI=1S/C9H17IO2/c1-3-5-6-7-12-9(11)8(10)4-2/h8H,3-7H2,1-2H3. The molecule has 12 heavy (non-hydrogen) atoms. The molecule has 0 bridgehead atoms. The zero-order valence-electron chi connectivity index (χ0n) is 7.81. The molecular weight excluding hydrogens is 267 g/mol. The zero-order valence-corrected chi connectivity index (χ0v) is 9.96. The molecule has 0 fully saturated rings. The van der Waals surface area contributed by atoms with Crippen LogP contribution in [0.3, 0.4) is 0 Å². The summed E-state index contributed by atoms with van der Waals surface area (Å²) in [5, 5.41) is 0. The van der Waals surface area contributed by atoms with Crippen LogP contribution in [0.5, 0.6) is 0 Å². The maximum absolute atomic E-state index is 11.1. The van der Waals surface area contributed by atoms with Crippen LogP contribution in [0.4, 0.5) is 0 Å². The van der Waals surface area contributed by atoms with Crippen LogP contribution in [-0.4, -0.2) is 16.5 Å². The van der Waals surface area contributed by atoms with Crippen LogP contribution < -0.4 is 0 Å². The van der Waals surface area contributed by atoms with E-state index in [9.17, 15) is 4.79 Å². The van der Waals surface area contributed by atoms with Gasteiger partial charge in [0.15, 0.2) is 0 Å². The Morgan fingerprint density at radius 2 is 2.08 bits per heavy atom. The van der Waals surface area contributed by atoms with Crippen molar-refractivity contribution >= 4 is 28.6 Å². The zero-order chi connectivity index (χ0) is 9.40. The molecule has 0 amide bonds. The van der Waals surface area contributed by atoms with Crippen LogP contribution in [-0.2, 0) is 9.53 Å². The molecule has 1 unspecified atom stereocenters. The Labute approximate surface area is 88.2 Å². The smallest absolute Gasteiger partial charge is 0.318 e. The Kier molecular flexibility index (Phi) is 7.96. The average molecular weight is 284 g/mol. The van der Waals surface area contributed by atoms with Gasteiger partial charge in [-0.2, -0.15) is 0 Å². The van der Waals surface area contributed by atoms with Crippen LogP contribution in [0, 0.1) is 0 Å². The van der Waals surface area contributed by atoms with Crippen molar-refractivity contribution in [1.29, 1.82) is 0 Å². The first kappa shape index (κ1) is 12.2. The molecule has 0 spiro atoms. The molecule has 0 saturated heterocycles. The topological polar surface area (TPSA) is 26.3 Å². The highest BCUT2D eigenvalue weighted by Gasteiger charge is 2.12. The van der Waals surface area contributed by atoms with E-state index < -0.39 is 0 Å². The van der Waals surface area contributed by atoms with E-state index in [2.05, 4.69) is 29.5 Å². The Bertz CT molecular complexity index is 126. The van der Waals surface area contributed by atoms with Gasteiger partial charge in [0, 0.05) is 0 Å². The largest absolute Gasteiger partial charge is 0.465 e. The molecule has 0 aliphatic rings. The monoisotopic (exact) mass is 284 g/mol. The van der Waals surface area contributed by atoms with Crippen molar-refractivity contribution in [3.63, 3.8) is 0 Å². The highest BCUT2D eigenvalue weighted by molar-refractivity contribution is 14.1. The Morgan fingerprint density at radius 1 is 1.42 bits per heavy atom. The fraction of sp³-hybridized carbons (Fsp3) is 0.889. The molecule has 0 rings (SSSR count). The van der Waals surface area contributed by atoms with Gasteiger partial charge >= 0.3 is 5.97 Å². The summed E-state index contributed by atoms with van der Waals surface area (Å²) in [6.07, 6.45) is 4.16. The first-order chi connectivity index (χ1) is 5.72. The normalized spacial score (nSPS) is 12.6. The minimum atomic E-state index is -0.0609. The molecule has 1 atom stereocenters. The number of halogens is 1. The van der Waals surface area contributed by atoms with Crippen molar-refractivity contribution in [1.82, 2.24) is 0 Å². The van der Waals surface area contributed by atoms with Crippen molar-refractivity contribution in [2.24, 2.45) is 0 Å². The third kappa shape index (κ3) is 5.80. The number of unbranched alkanes of at least 4 members (excludes halogenated alkanes) is 2. The molecule has 0 aromatic heterocycles. The van der Waals surface area contributed by atoms with Gasteiger partial charge in [-0.05, 0) is 12.8 Å². The van der Waals surface area contributed by atoms with E-state index in [0.29, 0.717) is 6.61 Å². The molecule has 0 radical (unpaired) electrons. The van der Waals surface area contributed by atoms with E-state index in [4.69, 9.17) is 4.74 Å². The second-order valence-corrected chi connectivity index (χ2v) is 4.25. The first-order valence-electron chi connectivity index (χ1n) is 4.53. The number of alkyl halides is 1. The lowest BCUT2D eigenvalue weighted by Crippen LogP contribution is -2.16. The van der Waals surface area contributed by atoms with Gasteiger partial charge in [0.25, 0.3) is 0 Å². The summed E-state index contributed by atoms with van der Waals surface area (Å²) >= 11 is 2.12. The molecule has 0 aliphatic carbocycles. The van der Waals surface area contributed by atoms with Crippen LogP contribution in [0.25, 0.3) is 0 Å². The van der Waals surface area contributed by atoms with Crippen LogP contribution >= 0.6 is 22.6 Å². The lowest BCUT2D eigenvalue weighted by atomic mass is 10.3. The van der Waals surface area contributed by atoms with Gasteiger partial charge in [0.2, 0.25) is 0 Å². The van der Waals surface area contributed by atoms with Crippen molar-refractivity contribution in [2.75, 3.05) is 6.61 Å². The van der Waals surface area contributed by atoms with Gasteiger partial charge in [-0.1, -0.05) is 49.3 Å². The lowest BCUT2D eigenvalue weighted by molar-refractivity contribution is -0.142. The number of carbonyl (C=O) groups is 1. The van der Waals surface area contributed by atoms with Crippen molar-refractivity contribution < 1.29 is 9.53 Å². The molecule has 0 heterocycles. The van der Waals surface area contributed by atoms with E-state index in [1.807, 2.05) is 6.92 Å². The molecule has 0 N–H and O–H groups in total. The van der Waals surface area contributed by atoms with Gasteiger partial charge in [-0.3, -0.25) is 4.79 Å². The number of rotatable bonds is 6. The summed E-state index contributed by atoms with van der Waals surface area (Å²) in [6, 6.07) is 0. The van der Waals surface area contributed by atoms with Crippen LogP contribution in [0.15, 0.2) is 0 Å². The van der Waals surface area contributed by atoms with Gasteiger partial charge in [0.05, 0.1) is 6.61 Å². The summed E-state index contributed by atoms with van der Waals surface area (Å²) in [4.78, 5) is 11.1. The van der Waals surface area contributed by atoms with E-state index in [1.54, 1.807) is 0 Å². The van der Waals surface area contributed by atoms with E-state index >= 15 is 0 Å². The van der Waals surface area contributed by atoms with Crippen LogP contribution in [0.2, 0.25) is 0 Å². The maximum atomic E-state index is 11.1. The molecule has 2 nitrogen and oxygen atoms in total. The predicted molar refractivity (Wildman–Crippen MR) is 58.6 cm³/mol. The number of hydrogen-bond donors (Lipinski definition) is 0. The summed E-state index contributed by atoms with van der Waals surface area (Å²) in [7, 11) is 0. The third-order valence-corrected chi connectivity index (χ3v) is 3.00. The van der Waals surface area contributed by atoms with E-state index in [1.165, 1.54) is 6.42 Å². The van der Waals surface area contributed by atoms with Crippen molar-refractivity contribution in [2.45, 2.75) is 43.5 Å². The fourth-order valence-electron chi connectivity index (χ4n) is 0.782. The Morgan fingerprint density at radius 3 is 2.58 bits per heavy atom. The quantitative estimate of drug-likeness (QED) is 0.324. The van der Waals surface area contributed by atoms with Gasteiger partial charge in [-0.15, -0.1) is 0 Å². The molecular formula is C9H17IO2. The maximum Gasteiger partial charge on any atom is 0.318 e. The lowest BCUT2D eigenvalue weighted by Gasteiger charge is -2.07. The Balaban J connectivity index is 3.31.